The van der Waals surface area contributed by atoms with Gasteiger partial charge in [-0.15, -0.1) is 11.6 Å². The Hall–Kier alpha value is 0.290. The summed E-state index contributed by atoms with van der Waals surface area (Å²) in [5, 5.41) is 0. The predicted octanol–water partition coefficient (Wildman–Crippen LogP) is 1.59. The Morgan fingerprint density at radius 2 is 2.20 bits per heavy atom. The lowest BCUT2D eigenvalue weighted by Gasteiger charge is -1.69. The molecule has 0 saturated heterocycles. The molecule has 0 atom stereocenters. The zero-order valence-corrected chi connectivity index (χ0v) is 3.76. The monoisotopic (exact) mass is 89.0 g/mol. The number of rotatable bonds is 1. The molecule has 0 aromatic rings. The van der Waals surface area contributed by atoms with Gasteiger partial charge in [-0.05, 0) is 18.8 Å². The van der Waals surface area contributed by atoms with Crippen molar-refractivity contribution in [1.29, 1.82) is 0 Å². The topological polar surface area (TPSA) is 0 Å². The zero-order valence-electron chi connectivity index (χ0n) is 3.00. The lowest BCUT2D eigenvalue weighted by molar-refractivity contribution is 1.40. The first kappa shape index (κ1) is 3.48. The first-order valence-corrected chi connectivity index (χ1v) is 2.36. The number of hydrogen-bond acceptors (Lipinski definition) is 0. The smallest absolute Gasteiger partial charge is 0.0285 e. The fourth-order valence-corrected chi connectivity index (χ4v) is 0.489. The van der Waals surface area contributed by atoms with Crippen molar-refractivity contribution in [3.05, 3.63) is 5.92 Å². The molecule has 1 heteroatoms. The van der Waals surface area contributed by atoms with Gasteiger partial charge in [-0.25, -0.2) is 0 Å². The van der Waals surface area contributed by atoms with Crippen molar-refractivity contribution in [2.45, 2.75) is 12.8 Å². The molecule has 1 rings (SSSR count). The minimum Gasteiger partial charge on any atom is -0.126 e. The molecule has 0 heterocycles. The van der Waals surface area contributed by atoms with E-state index in [0.717, 1.165) is 5.88 Å². The van der Waals surface area contributed by atoms with Crippen LogP contribution in [-0.2, 0) is 0 Å². The molecule has 1 fully saturated rings. The highest BCUT2D eigenvalue weighted by Crippen LogP contribution is 2.32. The van der Waals surface area contributed by atoms with E-state index < -0.39 is 0 Å². The predicted molar refractivity (Wildman–Crippen MR) is 23.2 cm³/mol. The lowest BCUT2D eigenvalue weighted by atomic mass is 10.5. The fourth-order valence-electron chi connectivity index (χ4n) is 0.222. The van der Waals surface area contributed by atoms with Gasteiger partial charge in [0, 0.05) is 5.88 Å². The maximum atomic E-state index is 5.36. The molecule has 1 aliphatic carbocycles. The van der Waals surface area contributed by atoms with Crippen molar-refractivity contribution < 1.29 is 0 Å². The first-order chi connectivity index (χ1) is 2.43. The second-order valence-corrected chi connectivity index (χ2v) is 1.65. The largest absolute Gasteiger partial charge is 0.126 e. The third-order valence-corrected chi connectivity index (χ3v) is 1.17. The van der Waals surface area contributed by atoms with Crippen molar-refractivity contribution in [2.24, 2.45) is 0 Å². The van der Waals surface area contributed by atoms with Crippen LogP contribution in [0.1, 0.15) is 12.8 Å². The molecule has 0 N–H and O–H groups in total. The van der Waals surface area contributed by atoms with Gasteiger partial charge in [0.15, 0.2) is 0 Å². The molecule has 0 nitrogen and oxygen atoms in total. The van der Waals surface area contributed by atoms with Gasteiger partial charge >= 0.3 is 0 Å². The van der Waals surface area contributed by atoms with Gasteiger partial charge in [0.05, 0.1) is 0 Å². The average molecular weight is 89.5 g/mol. The van der Waals surface area contributed by atoms with Gasteiger partial charge in [0.25, 0.3) is 0 Å². The van der Waals surface area contributed by atoms with Crippen LogP contribution < -0.4 is 0 Å². The summed E-state index contributed by atoms with van der Waals surface area (Å²) in [6, 6.07) is 0. The third-order valence-electron chi connectivity index (χ3n) is 0.793. The van der Waals surface area contributed by atoms with Crippen molar-refractivity contribution in [2.75, 3.05) is 5.88 Å². The Labute approximate surface area is 37.1 Å². The highest BCUT2D eigenvalue weighted by molar-refractivity contribution is 6.19. The maximum Gasteiger partial charge on any atom is 0.0285 e. The summed E-state index contributed by atoms with van der Waals surface area (Å²) in [6.07, 6.45) is 2.59. The Morgan fingerprint density at radius 3 is 2.20 bits per heavy atom. The summed E-state index contributed by atoms with van der Waals surface area (Å²) in [5.74, 6) is 2.33. The molecule has 0 bridgehead atoms. The van der Waals surface area contributed by atoms with Crippen LogP contribution in [0.2, 0.25) is 0 Å². The van der Waals surface area contributed by atoms with E-state index in [2.05, 4.69) is 0 Å². The quantitative estimate of drug-likeness (QED) is 0.428. The van der Waals surface area contributed by atoms with Crippen molar-refractivity contribution in [3.63, 3.8) is 0 Å². The first-order valence-electron chi connectivity index (χ1n) is 1.83. The van der Waals surface area contributed by atoms with E-state index in [0.29, 0.717) is 0 Å². The van der Waals surface area contributed by atoms with Crippen LogP contribution in [0.15, 0.2) is 0 Å². The standard InChI is InChI=1S/C4H6Cl/c5-3-4-1-2-4/h1-3H2. The van der Waals surface area contributed by atoms with E-state index in [9.17, 15) is 0 Å². The molecule has 1 saturated carbocycles. The van der Waals surface area contributed by atoms with E-state index in [4.69, 9.17) is 11.6 Å². The molecule has 0 unspecified atom stereocenters. The highest BCUT2D eigenvalue weighted by Gasteiger charge is 2.19. The maximum absolute atomic E-state index is 5.36. The molecule has 1 aliphatic rings. The second kappa shape index (κ2) is 1.17. The van der Waals surface area contributed by atoms with E-state index in [1.54, 1.807) is 0 Å². The van der Waals surface area contributed by atoms with Gasteiger partial charge in [-0.2, -0.15) is 0 Å². The molecular weight excluding hydrogens is 83.5 g/mol. The molecule has 0 spiro atoms. The van der Waals surface area contributed by atoms with Crippen LogP contribution >= 0.6 is 11.6 Å². The molecule has 0 aromatic heterocycles. The Morgan fingerprint density at radius 1 is 1.60 bits per heavy atom. The van der Waals surface area contributed by atoms with E-state index in [1.165, 1.54) is 18.8 Å². The summed E-state index contributed by atoms with van der Waals surface area (Å²) >= 11 is 5.36. The third kappa shape index (κ3) is 0.804. The van der Waals surface area contributed by atoms with Gasteiger partial charge in [0.2, 0.25) is 0 Å². The van der Waals surface area contributed by atoms with Crippen molar-refractivity contribution in [3.8, 4) is 0 Å². The second-order valence-electron chi connectivity index (χ2n) is 1.38. The van der Waals surface area contributed by atoms with Gasteiger partial charge in [-0.3, -0.25) is 0 Å². The number of alkyl halides is 1. The number of hydrogen-bond donors (Lipinski definition) is 0. The van der Waals surface area contributed by atoms with Crippen LogP contribution in [0, 0.1) is 5.92 Å². The minimum absolute atomic E-state index is 0.806. The Balaban J connectivity index is 2.00. The molecule has 5 heavy (non-hydrogen) atoms. The van der Waals surface area contributed by atoms with Gasteiger partial charge < -0.3 is 0 Å². The summed E-state index contributed by atoms with van der Waals surface area (Å²) in [5.41, 5.74) is 0. The van der Waals surface area contributed by atoms with E-state index in [1.807, 2.05) is 0 Å². The lowest BCUT2D eigenvalue weighted by Crippen LogP contribution is -1.64. The Kier molecular flexibility index (Phi) is 0.817. The summed E-state index contributed by atoms with van der Waals surface area (Å²) in [6.45, 7) is 0. The minimum atomic E-state index is 0.806. The molecule has 1 radical (unpaired) electrons. The van der Waals surface area contributed by atoms with Crippen molar-refractivity contribution >= 4 is 11.6 Å². The molecular formula is C4H6Cl. The summed E-state index contributed by atoms with van der Waals surface area (Å²) < 4.78 is 0. The summed E-state index contributed by atoms with van der Waals surface area (Å²) in [4.78, 5) is 0. The van der Waals surface area contributed by atoms with Crippen LogP contribution in [0.3, 0.4) is 0 Å². The Bertz CT molecular complexity index is 30.6. The number of halogens is 1. The van der Waals surface area contributed by atoms with E-state index >= 15 is 0 Å². The van der Waals surface area contributed by atoms with Gasteiger partial charge in [0.1, 0.15) is 0 Å². The highest BCUT2D eigenvalue weighted by atomic mass is 35.5. The normalized spacial score (nSPS) is 23.4. The average Bonchev–Trinajstić information content (AvgIpc) is 2.12. The van der Waals surface area contributed by atoms with Crippen LogP contribution in [0.5, 0.6) is 0 Å². The van der Waals surface area contributed by atoms with Crippen LogP contribution in [0.25, 0.3) is 0 Å². The van der Waals surface area contributed by atoms with Crippen molar-refractivity contribution in [1.82, 2.24) is 0 Å². The fraction of sp³-hybridized carbons (Fsp3) is 0.750. The van der Waals surface area contributed by atoms with E-state index in [-0.39, 0.29) is 0 Å². The zero-order chi connectivity index (χ0) is 3.70. The summed E-state index contributed by atoms with van der Waals surface area (Å²) in [7, 11) is 0. The SMILES string of the molecule is ClC[C]1CC1. The van der Waals surface area contributed by atoms with Crippen LogP contribution in [0.4, 0.5) is 0 Å². The van der Waals surface area contributed by atoms with Crippen LogP contribution in [-0.4, -0.2) is 5.88 Å². The molecule has 0 aliphatic heterocycles. The molecule has 0 aromatic carbocycles. The van der Waals surface area contributed by atoms with Gasteiger partial charge in [-0.1, -0.05) is 0 Å². The molecule has 29 valence electrons. The molecule has 0 amide bonds.